The van der Waals surface area contributed by atoms with Crippen LogP contribution in [0.15, 0.2) is 112 Å². The predicted molar refractivity (Wildman–Crippen MR) is 170 cm³/mol. The molecule has 0 saturated heterocycles. The summed E-state index contributed by atoms with van der Waals surface area (Å²) in [5.74, 6) is -0.917. The molecule has 10 heteroatoms. The molecule has 0 unspecified atom stereocenters. The molecule has 0 aromatic heterocycles. The minimum Gasteiger partial charge on any atom is -0.357 e. The summed E-state index contributed by atoms with van der Waals surface area (Å²) >= 11 is 9.67. The molecular weight excluding hydrogens is 638 g/mol. The Labute approximate surface area is 260 Å². The molecule has 4 aromatic rings. The van der Waals surface area contributed by atoms with Crippen LogP contribution in [-0.4, -0.2) is 44.8 Å². The largest absolute Gasteiger partial charge is 0.357 e. The van der Waals surface area contributed by atoms with Crippen molar-refractivity contribution >= 4 is 55.1 Å². The van der Waals surface area contributed by atoms with Crippen LogP contribution in [0.4, 0.5) is 5.69 Å². The van der Waals surface area contributed by atoms with Crippen LogP contribution >= 0.6 is 27.5 Å². The van der Waals surface area contributed by atoms with E-state index < -0.39 is 28.5 Å². The fourth-order valence-corrected chi connectivity index (χ4v) is 6.56. The van der Waals surface area contributed by atoms with Crippen molar-refractivity contribution in [2.45, 2.75) is 30.8 Å². The first-order valence-corrected chi connectivity index (χ1v) is 15.8. The number of hydrogen-bond acceptors (Lipinski definition) is 4. The van der Waals surface area contributed by atoms with Gasteiger partial charge < -0.3 is 10.2 Å². The van der Waals surface area contributed by atoms with Crippen LogP contribution in [0.1, 0.15) is 16.7 Å². The minimum atomic E-state index is -4.16. The molecule has 0 fully saturated rings. The van der Waals surface area contributed by atoms with Crippen LogP contribution < -0.4 is 9.62 Å². The molecule has 1 atom stereocenters. The fraction of sp³-hybridized carbons (Fsp3) is 0.188. The third kappa shape index (κ3) is 7.79. The van der Waals surface area contributed by atoms with Gasteiger partial charge >= 0.3 is 0 Å². The number of halogens is 2. The summed E-state index contributed by atoms with van der Waals surface area (Å²) in [5.41, 5.74) is 2.76. The molecule has 4 aromatic carbocycles. The van der Waals surface area contributed by atoms with Gasteiger partial charge in [0.15, 0.2) is 0 Å². The Bertz CT molecular complexity index is 1650. The van der Waals surface area contributed by atoms with Crippen LogP contribution in [0.2, 0.25) is 5.02 Å². The molecule has 2 amide bonds. The maximum atomic E-state index is 14.3. The van der Waals surface area contributed by atoms with Crippen molar-refractivity contribution < 1.29 is 18.0 Å². The van der Waals surface area contributed by atoms with E-state index in [1.165, 1.54) is 24.1 Å². The van der Waals surface area contributed by atoms with Crippen LogP contribution in [0.5, 0.6) is 0 Å². The third-order valence-corrected chi connectivity index (χ3v) is 9.26. The highest BCUT2D eigenvalue weighted by Crippen LogP contribution is 2.27. The van der Waals surface area contributed by atoms with E-state index in [0.29, 0.717) is 20.7 Å². The number of carbonyl (C=O) groups excluding carboxylic acids is 2. The molecule has 4 rings (SSSR count). The van der Waals surface area contributed by atoms with Gasteiger partial charge in [-0.05, 0) is 60.5 Å². The van der Waals surface area contributed by atoms with Crippen molar-refractivity contribution in [2.24, 2.45) is 0 Å². The second-order valence-electron chi connectivity index (χ2n) is 9.78. The van der Waals surface area contributed by atoms with Gasteiger partial charge in [0.1, 0.15) is 12.6 Å². The van der Waals surface area contributed by atoms with E-state index in [9.17, 15) is 18.0 Å². The van der Waals surface area contributed by atoms with Crippen LogP contribution in [0, 0.1) is 6.92 Å². The standard InChI is InChI=1S/C32H31BrClN3O4S/c1-23-14-16-29(17-15-23)42(40,41)37(28-13-7-11-26(33)20-28)22-31(38)36(21-25-10-6-12-27(34)18-25)30(32(39)35-2)19-24-8-4-3-5-9-24/h3-18,20,30H,19,21-22H2,1-2H3,(H,35,39)/t30-/m1/s1. The highest BCUT2D eigenvalue weighted by atomic mass is 79.9. The topological polar surface area (TPSA) is 86.8 Å². The van der Waals surface area contributed by atoms with Crippen LogP contribution in [0.3, 0.4) is 0 Å². The quantitative estimate of drug-likeness (QED) is 0.213. The number of rotatable bonds is 11. The summed E-state index contributed by atoms with van der Waals surface area (Å²) in [4.78, 5) is 29.1. The molecule has 0 radical (unpaired) electrons. The molecule has 0 aliphatic carbocycles. The first-order chi connectivity index (χ1) is 20.1. The summed E-state index contributed by atoms with van der Waals surface area (Å²) < 4.78 is 29.8. The number of aryl methyl sites for hydroxylation is 1. The summed E-state index contributed by atoms with van der Waals surface area (Å²) in [5, 5.41) is 3.16. The average Bonchev–Trinajstić information content (AvgIpc) is 2.98. The molecule has 0 saturated carbocycles. The molecule has 0 spiro atoms. The zero-order valence-corrected chi connectivity index (χ0v) is 26.4. The second kappa shape index (κ2) is 14.0. The monoisotopic (exact) mass is 667 g/mol. The minimum absolute atomic E-state index is 0.0429. The Balaban J connectivity index is 1.79. The lowest BCUT2D eigenvalue weighted by Gasteiger charge is -2.33. The van der Waals surface area contributed by atoms with Gasteiger partial charge in [0.2, 0.25) is 11.8 Å². The van der Waals surface area contributed by atoms with E-state index in [4.69, 9.17) is 11.6 Å². The van der Waals surface area contributed by atoms with E-state index in [1.54, 1.807) is 54.6 Å². The Hall–Kier alpha value is -3.66. The van der Waals surface area contributed by atoms with E-state index >= 15 is 0 Å². The van der Waals surface area contributed by atoms with E-state index in [0.717, 1.165) is 15.4 Å². The molecular formula is C32H31BrClN3O4S. The summed E-state index contributed by atoms with van der Waals surface area (Å²) in [6.45, 7) is 1.38. The van der Waals surface area contributed by atoms with Crippen LogP contribution in [-0.2, 0) is 32.6 Å². The number of hydrogen-bond donors (Lipinski definition) is 1. The number of nitrogens with zero attached hydrogens (tertiary/aromatic N) is 2. The van der Waals surface area contributed by atoms with Crippen molar-refractivity contribution in [3.05, 3.63) is 129 Å². The second-order valence-corrected chi connectivity index (χ2v) is 13.0. The number of sulfonamides is 1. The lowest BCUT2D eigenvalue weighted by molar-refractivity contribution is -0.139. The summed E-state index contributed by atoms with van der Waals surface area (Å²) in [6, 6.07) is 28.7. The van der Waals surface area contributed by atoms with Gasteiger partial charge in [-0.15, -0.1) is 0 Å². The van der Waals surface area contributed by atoms with Gasteiger partial charge in [0, 0.05) is 29.5 Å². The number of benzene rings is 4. The molecule has 1 N–H and O–H groups in total. The first-order valence-electron chi connectivity index (χ1n) is 13.2. The van der Waals surface area contributed by atoms with Crippen molar-refractivity contribution in [1.82, 2.24) is 10.2 Å². The number of amides is 2. The van der Waals surface area contributed by atoms with Crippen molar-refractivity contribution in [2.75, 3.05) is 17.9 Å². The van der Waals surface area contributed by atoms with Gasteiger partial charge in [-0.25, -0.2) is 8.42 Å². The zero-order valence-electron chi connectivity index (χ0n) is 23.2. The molecule has 42 heavy (non-hydrogen) atoms. The molecule has 0 aliphatic rings. The lowest BCUT2D eigenvalue weighted by atomic mass is 10.0. The Morgan fingerprint density at radius 2 is 1.55 bits per heavy atom. The first kappa shape index (κ1) is 31.3. The van der Waals surface area contributed by atoms with Crippen molar-refractivity contribution in [1.29, 1.82) is 0 Å². The SMILES string of the molecule is CNC(=O)[C@@H](Cc1ccccc1)N(Cc1cccc(Cl)c1)C(=O)CN(c1cccc(Br)c1)S(=O)(=O)c1ccc(C)cc1. The van der Waals surface area contributed by atoms with E-state index in [1.807, 2.05) is 43.3 Å². The highest BCUT2D eigenvalue weighted by Gasteiger charge is 2.34. The lowest BCUT2D eigenvalue weighted by Crippen LogP contribution is -2.53. The Morgan fingerprint density at radius 3 is 2.19 bits per heavy atom. The smallest absolute Gasteiger partial charge is 0.264 e. The van der Waals surface area contributed by atoms with Crippen molar-refractivity contribution in [3.8, 4) is 0 Å². The Kier molecular flexibility index (Phi) is 10.4. The maximum absolute atomic E-state index is 14.3. The third-order valence-electron chi connectivity index (χ3n) is 6.74. The van der Waals surface area contributed by atoms with E-state index in [2.05, 4.69) is 21.2 Å². The summed E-state index contributed by atoms with van der Waals surface area (Å²) in [7, 11) is -2.65. The van der Waals surface area contributed by atoms with Gasteiger partial charge in [0.05, 0.1) is 10.6 Å². The number of likely N-dealkylation sites (N-methyl/N-ethyl adjacent to an activating group) is 1. The van der Waals surface area contributed by atoms with Gasteiger partial charge in [-0.3, -0.25) is 13.9 Å². The summed E-state index contributed by atoms with van der Waals surface area (Å²) in [6.07, 6.45) is 0.231. The predicted octanol–water partition coefficient (Wildman–Crippen LogP) is 5.99. The maximum Gasteiger partial charge on any atom is 0.264 e. The number of carbonyl (C=O) groups is 2. The van der Waals surface area contributed by atoms with Crippen LogP contribution in [0.25, 0.3) is 0 Å². The highest BCUT2D eigenvalue weighted by molar-refractivity contribution is 9.10. The zero-order chi connectivity index (χ0) is 30.3. The van der Waals surface area contributed by atoms with E-state index in [-0.39, 0.29) is 23.8 Å². The number of anilines is 1. The molecule has 0 heterocycles. The molecule has 0 bridgehead atoms. The van der Waals surface area contributed by atoms with Gasteiger partial charge in [-0.2, -0.15) is 0 Å². The van der Waals surface area contributed by atoms with Gasteiger partial charge in [-0.1, -0.05) is 93.8 Å². The normalized spacial score (nSPS) is 11.9. The average molecular weight is 669 g/mol. The van der Waals surface area contributed by atoms with Gasteiger partial charge in [0.25, 0.3) is 10.0 Å². The number of nitrogens with one attached hydrogen (secondary N) is 1. The Morgan fingerprint density at radius 1 is 0.881 bits per heavy atom. The molecule has 7 nitrogen and oxygen atoms in total. The molecule has 218 valence electrons. The van der Waals surface area contributed by atoms with Crippen molar-refractivity contribution in [3.63, 3.8) is 0 Å². The molecule has 0 aliphatic heterocycles. The fourth-order valence-electron chi connectivity index (χ4n) is 4.55.